The van der Waals surface area contributed by atoms with Crippen LogP contribution in [-0.2, 0) is 9.59 Å². The van der Waals surface area contributed by atoms with E-state index in [4.69, 9.17) is 16.3 Å². The Balaban J connectivity index is 1.99. The lowest BCUT2D eigenvalue weighted by Crippen LogP contribution is -2.29. The van der Waals surface area contributed by atoms with Crippen molar-refractivity contribution < 1.29 is 24.5 Å². The Bertz CT molecular complexity index is 1250. The number of ketones is 1. The van der Waals surface area contributed by atoms with Crippen molar-refractivity contribution in [1.29, 1.82) is 0 Å². The molecule has 0 bridgehead atoms. The summed E-state index contributed by atoms with van der Waals surface area (Å²) in [6.07, 6.45) is 0. The van der Waals surface area contributed by atoms with E-state index in [2.05, 4.69) is 0 Å². The molecule has 162 valence electrons. The van der Waals surface area contributed by atoms with Crippen LogP contribution in [0.4, 0.5) is 5.69 Å². The van der Waals surface area contributed by atoms with Gasteiger partial charge in [0.2, 0.25) is 0 Å². The molecule has 1 heterocycles. The zero-order chi connectivity index (χ0) is 23.0. The molecule has 3 aromatic rings. The Kier molecular flexibility index (Phi) is 5.63. The number of aliphatic hydroxyl groups excluding tert-OH is 1. The molecule has 0 aliphatic carbocycles. The number of Topliss-reactive ketones (excluding diaryl/α,β-unsaturated/α-hetero) is 1. The summed E-state index contributed by atoms with van der Waals surface area (Å²) >= 11 is 6.12. The second-order valence-corrected chi connectivity index (χ2v) is 7.88. The molecule has 1 aliphatic heterocycles. The van der Waals surface area contributed by atoms with E-state index in [1.165, 1.54) is 30.2 Å². The van der Waals surface area contributed by atoms with Crippen LogP contribution in [0.1, 0.15) is 22.7 Å². The molecular weight excluding hydrogens is 430 g/mol. The molecule has 32 heavy (non-hydrogen) atoms. The Morgan fingerprint density at radius 1 is 1.03 bits per heavy atom. The van der Waals surface area contributed by atoms with Crippen molar-refractivity contribution in [3.8, 4) is 11.5 Å². The molecule has 1 atom stereocenters. The van der Waals surface area contributed by atoms with E-state index in [1.807, 2.05) is 19.1 Å². The SMILES string of the molecule is COc1ccc(Cl)cc1/C(O)=C1\C(=O)C(=O)N(c2ccc(C)cc2)C1c1cccc(O)c1. The monoisotopic (exact) mass is 449 g/mol. The summed E-state index contributed by atoms with van der Waals surface area (Å²) in [6, 6.07) is 17.0. The zero-order valence-corrected chi connectivity index (χ0v) is 18.1. The van der Waals surface area contributed by atoms with Crippen LogP contribution in [0.2, 0.25) is 5.02 Å². The van der Waals surface area contributed by atoms with Gasteiger partial charge in [0.15, 0.2) is 0 Å². The van der Waals surface area contributed by atoms with Gasteiger partial charge in [0.05, 0.1) is 24.3 Å². The third-order valence-electron chi connectivity index (χ3n) is 5.36. The van der Waals surface area contributed by atoms with Crippen molar-refractivity contribution in [3.05, 3.63) is 94.0 Å². The molecule has 1 amide bonds. The highest BCUT2D eigenvalue weighted by Crippen LogP contribution is 2.44. The minimum absolute atomic E-state index is 0.0303. The summed E-state index contributed by atoms with van der Waals surface area (Å²) in [5, 5.41) is 21.6. The van der Waals surface area contributed by atoms with Crippen molar-refractivity contribution >= 4 is 34.7 Å². The van der Waals surface area contributed by atoms with E-state index in [-0.39, 0.29) is 16.9 Å². The fourth-order valence-electron chi connectivity index (χ4n) is 3.82. The van der Waals surface area contributed by atoms with Crippen molar-refractivity contribution in [3.63, 3.8) is 0 Å². The number of rotatable bonds is 4. The third kappa shape index (κ3) is 3.69. The van der Waals surface area contributed by atoms with E-state index in [0.29, 0.717) is 22.0 Å². The smallest absolute Gasteiger partial charge is 0.300 e. The van der Waals surface area contributed by atoms with E-state index >= 15 is 0 Å². The lowest BCUT2D eigenvalue weighted by molar-refractivity contribution is -0.132. The molecule has 1 aliphatic rings. The molecule has 0 saturated carbocycles. The number of aromatic hydroxyl groups is 1. The van der Waals surface area contributed by atoms with Crippen molar-refractivity contribution in [2.24, 2.45) is 0 Å². The number of aliphatic hydroxyl groups is 1. The number of methoxy groups -OCH3 is 1. The first-order chi connectivity index (χ1) is 15.3. The average Bonchev–Trinajstić information content (AvgIpc) is 3.04. The van der Waals surface area contributed by atoms with Crippen molar-refractivity contribution in [1.82, 2.24) is 0 Å². The van der Waals surface area contributed by atoms with Crippen LogP contribution < -0.4 is 9.64 Å². The fraction of sp³-hybridized carbons (Fsp3) is 0.120. The van der Waals surface area contributed by atoms with Gasteiger partial charge in [0.25, 0.3) is 11.7 Å². The average molecular weight is 450 g/mol. The number of nitrogens with zero attached hydrogens (tertiary/aromatic N) is 1. The lowest BCUT2D eigenvalue weighted by atomic mass is 9.94. The summed E-state index contributed by atoms with van der Waals surface area (Å²) in [5.41, 5.74) is 2.01. The van der Waals surface area contributed by atoms with E-state index in [9.17, 15) is 19.8 Å². The van der Waals surface area contributed by atoms with Gasteiger partial charge in [0, 0.05) is 10.7 Å². The van der Waals surface area contributed by atoms with E-state index in [1.54, 1.807) is 36.4 Å². The maximum absolute atomic E-state index is 13.2. The van der Waals surface area contributed by atoms with Gasteiger partial charge < -0.3 is 14.9 Å². The van der Waals surface area contributed by atoms with Crippen LogP contribution in [0.3, 0.4) is 0 Å². The number of hydrogen-bond donors (Lipinski definition) is 2. The third-order valence-corrected chi connectivity index (χ3v) is 5.59. The molecule has 0 spiro atoms. The Morgan fingerprint density at radius 3 is 2.41 bits per heavy atom. The summed E-state index contributed by atoms with van der Waals surface area (Å²) in [5.74, 6) is -1.78. The van der Waals surface area contributed by atoms with Gasteiger partial charge in [-0.25, -0.2) is 0 Å². The second-order valence-electron chi connectivity index (χ2n) is 7.44. The van der Waals surface area contributed by atoms with Crippen LogP contribution in [0.5, 0.6) is 11.5 Å². The number of carbonyl (C=O) groups excluding carboxylic acids is 2. The largest absolute Gasteiger partial charge is 0.508 e. The molecule has 1 fully saturated rings. The van der Waals surface area contributed by atoms with E-state index < -0.39 is 23.5 Å². The number of phenols is 1. The molecule has 7 heteroatoms. The summed E-state index contributed by atoms with van der Waals surface area (Å²) in [6.45, 7) is 1.91. The summed E-state index contributed by atoms with van der Waals surface area (Å²) in [4.78, 5) is 27.6. The first-order valence-electron chi connectivity index (χ1n) is 9.82. The van der Waals surface area contributed by atoms with Gasteiger partial charge >= 0.3 is 0 Å². The number of carbonyl (C=O) groups is 2. The quantitative estimate of drug-likeness (QED) is 0.333. The second kappa shape index (κ2) is 8.40. The number of anilines is 1. The lowest BCUT2D eigenvalue weighted by Gasteiger charge is -2.25. The molecule has 6 nitrogen and oxygen atoms in total. The minimum atomic E-state index is -0.964. The van der Waals surface area contributed by atoms with Crippen LogP contribution in [0, 0.1) is 6.92 Å². The number of phenolic OH excluding ortho intramolecular Hbond substituents is 1. The Morgan fingerprint density at radius 2 is 1.75 bits per heavy atom. The van der Waals surface area contributed by atoms with Gasteiger partial charge in [0.1, 0.15) is 17.3 Å². The topological polar surface area (TPSA) is 87.1 Å². The van der Waals surface area contributed by atoms with Crippen LogP contribution in [-0.4, -0.2) is 29.0 Å². The van der Waals surface area contributed by atoms with Gasteiger partial charge in [-0.05, 0) is 55.0 Å². The molecule has 1 saturated heterocycles. The highest BCUT2D eigenvalue weighted by Gasteiger charge is 2.47. The highest BCUT2D eigenvalue weighted by molar-refractivity contribution is 6.51. The predicted octanol–water partition coefficient (Wildman–Crippen LogP) is 4.99. The van der Waals surface area contributed by atoms with Crippen LogP contribution in [0.25, 0.3) is 5.76 Å². The van der Waals surface area contributed by atoms with Gasteiger partial charge in [-0.15, -0.1) is 0 Å². The number of halogens is 1. The molecule has 1 unspecified atom stereocenters. The standard InChI is InChI=1S/C25H20ClNO5/c1-14-6-9-17(10-7-14)27-22(15-4-3-5-18(28)12-15)21(24(30)25(27)31)23(29)19-13-16(26)8-11-20(19)32-2/h3-13,22,28-29H,1-2H3/b23-21+. The normalized spacial score (nSPS) is 17.6. The van der Waals surface area contributed by atoms with E-state index in [0.717, 1.165) is 5.56 Å². The zero-order valence-electron chi connectivity index (χ0n) is 17.4. The fourth-order valence-corrected chi connectivity index (χ4v) is 4.00. The van der Waals surface area contributed by atoms with Gasteiger partial charge in [-0.3, -0.25) is 14.5 Å². The summed E-state index contributed by atoms with van der Waals surface area (Å²) < 4.78 is 5.33. The summed E-state index contributed by atoms with van der Waals surface area (Å²) in [7, 11) is 1.43. The van der Waals surface area contributed by atoms with Gasteiger partial charge in [-0.1, -0.05) is 41.4 Å². The number of amides is 1. The van der Waals surface area contributed by atoms with Crippen LogP contribution >= 0.6 is 11.6 Å². The molecule has 0 aromatic heterocycles. The molecule has 3 aromatic carbocycles. The van der Waals surface area contributed by atoms with Crippen molar-refractivity contribution in [2.75, 3.05) is 12.0 Å². The molecular formula is C25H20ClNO5. The molecule has 0 radical (unpaired) electrons. The van der Waals surface area contributed by atoms with Gasteiger partial charge in [-0.2, -0.15) is 0 Å². The number of benzene rings is 3. The first-order valence-corrected chi connectivity index (χ1v) is 10.2. The van der Waals surface area contributed by atoms with Crippen molar-refractivity contribution in [2.45, 2.75) is 13.0 Å². The van der Waals surface area contributed by atoms with Crippen LogP contribution in [0.15, 0.2) is 72.3 Å². The maximum atomic E-state index is 13.2. The minimum Gasteiger partial charge on any atom is -0.508 e. The number of aryl methyl sites for hydroxylation is 1. The number of hydrogen-bond acceptors (Lipinski definition) is 5. The highest BCUT2D eigenvalue weighted by atomic mass is 35.5. The maximum Gasteiger partial charge on any atom is 0.300 e. The Labute approximate surface area is 189 Å². The Hall–Kier alpha value is -3.77. The molecule has 4 rings (SSSR count). The predicted molar refractivity (Wildman–Crippen MR) is 122 cm³/mol. The first kappa shape index (κ1) is 21.5. The molecule has 2 N–H and O–H groups in total. The number of ether oxygens (including phenoxy) is 1.